The third-order valence-corrected chi connectivity index (χ3v) is 3.29. The van der Waals surface area contributed by atoms with Crippen molar-refractivity contribution >= 4 is 22.9 Å². The van der Waals surface area contributed by atoms with Crippen molar-refractivity contribution < 1.29 is 0 Å². The van der Waals surface area contributed by atoms with E-state index in [0.717, 1.165) is 18.4 Å². The van der Waals surface area contributed by atoms with Crippen LogP contribution >= 0.6 is 12.2 Å². The minimum Gasteiger partial charge on any atom is -0.389 e. The minimum absolute atomic E-state index is 0.455. The Morgan fingerprint density at radius 3 is 2.12 bits per heavy atom. The van der Waals surface area contributed by atoms with Gasteiger partial charge in [-0.25, -0.2) is 0 Å². The molecule has 0 spiro atoms. The first kappa shape index (κ1) is 13.0. The first-order valence-electron chi connectivity index (χ1n) is 5.72. The van der Waals surface area contributed by atoms with E-state index in [4.69, 9.17) is 18.0 Å². The lowest BCUT2D eigenvalue weighted by molar-refractivity contribution is 0.591. The molecule has 0 bridgehead atoms. The van der Waals surface area contributed by atoms with Crippen molar-refractivity contribution in [1.82, 2.24) is 0 Å². The number of hydrogen-bond donors (Lipinski definition) is 1. The molecule has 0 amide bonds. The maximum Gasteiger partial charge on any atom is 0.103 e. The molecule has 1 aromatic carbocycles. The van der Waals surface area contributed by atoms with Crippen molar-refractivity contribution in [3.05, 3.63) is 29.8 Å². The van der Waals surface area contributed by atoms with Gasteiger partial charge in [0.15, 0.2) is 0 Å². The lowest BCUT2D eigenvalue weighted by Crippen LogP contribution is -2.30. The third-order valence-electron chi connectivity index (χ3n) is 3.05. The molecule has 88 valence electrons. The molecule has 1 aromatic rings. The highest BCUT2D eigenvalue weighted by Crippen LogP contribution is 2.19. The van der Waals surface area contributed by atoms with Gasteiger partial charge in [0.1, 0.15) is 4.99 Å². The molecule has 0 unspecified atom stereocenters. The monoisotopic (exact) mass is 236 g/mol. The van der Waals surface area contributed by atoms with E-state index in [1.807, 2.05) is 12.1 Å². The van der Waals surface area contributed by atoms with Crippen molar-refractivity contribution in [3.63, 3.8) is 0 Å². The summed E-state index contributed by atoms with van der Waals surface area (Å²) in [6.07, 6.45) is 2.31. The van der Waals surface area contributed by atoms with E-state index in [9.17, 15) is 0 Å². The first-order valence-corrected chi connectivity index (χ1v) is 6.13. The Bertz CT molecular complexity index is 341. The molecule has 0 saturated heterocycles. The zero-order chi connectivity index (χ0) is 12.1. The Balaban J connectivity index is 2.84. The summed E-state index contributed by atoms with van der Waals surface area (Å²) in [7, 11) is 2.13. The van der Waals surface area contributed by atoms with E-state index in [0.29, 0.717) is 11.0 Å². The van der Waals surface area contributed by atoms with Crippen molar-refractivity contribution in [2.24, 2.45) is 5.73 Å². The normalized spacial score (nSPS) is 10.5. The van der Waals surface area contributed by atoms with Crippen molar-refractivity contribution in [1.29, 1.82) is 0 Å². The Labute approximate surface area is 103 Å². The minimum atomic E-state index is 0.455. The molecule has 3 heteroatoms. The van der Waals surface area contributed by atoms with Crippen LogP contribution in [0.4, 0.5) is 5.69 Å². The smallest absolute Gasteiger partial charge is 0.103 e. The summed E-state index contributed by atoms with van der Waals surface area (Å²) in [5, 5.41) is 0. The predicted molar refractivity (Wildman–Crippen MR) is 75.1 cm³/mol. The lowest BCUT2D eigenvalue weighted by atomic mass is 10.1. The molecule has 2 N–H and O–H groups in total. The number of hydrogen-bond acceptors (Lipinski definition) is 2. The van der Waals surface area contributed by atoms with Gasteiger partial charge in [0, 0.05) is 24.3 Å². The molecule has 1 rings (SSSR count). The van der Waals surface area contributed by atoms with E-state index in [2.05, 4.69) is 37.9 Å². The van der Waals surface area contributed by atoms with Crippen LogP contribution in [0, 0.1) is 0 Å². The van der Waals surface area contributed by atoms with Gasteiger partial charge in [0.2, 0.25) is 0 Å². The molecular weight excluding hydrogens is 216 g/mol. The van der Waals surface area contributed by atoms with Crippen molar-refractivity contribution in [2.45, 2.75) is 32.7 Å². The fourth-order valence-electron chi connectivity index (χ4n) is 1.91. The fourth-order valence-corrected chi connectivity index (χ4v) is 2.04. The largest absolute Gasteiger partial charge is 0.389 e. The quantitative estimate of drug-likeness (QED) is 0.797. The molecule has 0 aliphatic heterocycles. The van der Waals surface area contributed by atoms with Crippen LogP contribution in [0.25, 0.3) is 0 Å². The Morgan fingerprint density at radius 2 is 1.75 bits per heavy atom. The van der Waals surface area contributed by atoms with Crippen LogP contribution in [0.15, 0.2) is 24.3 Å². The summed E-state index contributed by atoms with van der Waals surface area (Å²) >= 11 is 4.93. The number of nitrogens with zero attached hydrogens (tertiary/aromatic N) is 1. The van der Waals surface area contributed by atoms with Gasteiger partial charge in [-0.1, -0.05) is 26.1 Å². The standard InChI is InChI=1S/C13H20N2S/c1-4-11(5-2)15(3)12-8-6-10(7-9-12)13(14)16/h6-9,11H,4-5H2,1-3H3,(H2,14,16). The van der Waals surface area contributed by atoms with Gasteiger partial charge in [-0.15, -0.1) is 0 Å². The van der Waals surface area contributed by atoms with E-state index < -0.39 is 0 Å². The zero-order valence-electron chi connectivity index (χ0n) is 10.2. The lowest BCUT2D eigenvalue weighted by Gasteiger charge is -2.28. The molecule has 16 heavy (non-hydrogen) atoms. The number of benzene rings is 1. The fraction of sp³-hybridized carbons (Fsp3) is 0.462. The van der Waals surface area contributed by atoms with Gasteiger partial charge in [-0.3, -0.25) is 0 Å². The molecule has 0 aliphatic carbocycles. The SMILES string of the molecule is CCC(CC)N(C)c1ccc(C(N)=S)cc1. The van der Waals surface area contributed by atoms with Crippen LogP contribution in [0.1, 0.15) is 32.3 Å². The zero-order valence-corrected chi connectivity index (χ0v) is 11.1. The summed E-state index contributed by atoms with van der Waals surface area (Å²) in [6, 6.07) is 8.71. The van der Waals surface area contributed by atoms with Crippen LogP contribution in [0.2, 0.25) is 0 Å². The molecule has 0 heterocycles. The predicted octanol–water partition coefficient (Wildman–Crippen LogP) is 2.95. The van der Waals surface area contributed by atoms with Gasteiger partial charge in [-0.05, 0) is 37.1 Å². The van der Waals surface area contributed by atoms with Crippen LogP contribution in [-0.2, 0) is 0 Å². The van der Waals surface area contributed by atoms with E-state index in [-0.39, 0.29) is 0 Å². The van der Waals surface area contributed by atoms with Gasteiger partial charge in [0.25, 0.3) is 0 Å². The summed E-state index contributed by atoms with van der Waals surface area (Å²) in [5.74, 6) is 0. The molecule has 0 fully saturated rings. The molecule has 0 radical (unpaired) electrons. The van der Waals surface area contributed by atoms with Crippen molar-refractivity contribution in [2.75, 3.05) is 11.9 Å². The Hall–Kier alpha value is -1.09. The number of anilines is 1. The molecule has 0 aliphatic rings. The Morgan fingerprint density at radius 1 is 1.25 bits per heavy atom. The van der Waals surface area contributed by atoms with E-state index >= 15 is 0 Å². The van der Waals surface area contributed by atoms with Gasteiger partial charge >= 0.3 is 0 Å². The van der Waals surface area contributed by atoms with E-state index in [1.54, 1.807) is 0 Å². The van der Waals surface area contributed by atoms with Crippen LogP contribution < -0.4 is 10.6 Å². The highest BCUT2D eigenvalue weighted by atomic mass is 32.1. The number of thiocarbonyl (C=S) groups is 1. The maximum atomic E-state index is 5.57. The molecule has 0 aromatic heterocycles. The van der Waals surface area contributed by atoms with Gasteiger partial charge in [-0.2, -0.15) is 0 Å². The third kappa shape index (κ3) is 2.95. The molecule has 2 nitrogen and oxygen atoms in total. The maximum absolute atomic E-state index is 5.57. The second kappa shape index (κ2) is 5.85. The molecular formula is C13H20N2S. The summed E-state index contributed by atoms with van der Waals surface area (Å²) in [5.41, 5.74) is 7.71. The number of rotatable bonds is 5. The average Bonchev–Trinajstić information content (AvgIpc) is 2.30. The molecule has 0 saturated carbocycles. The average molecular weight is 236 g/mol. The van der Waals surface area contributed by atoms with Gasteiger partial charge in [0.05, 0.1) is 0 Å². The van der Waals surface area contributed by atoms with Gasteiger partial charge < -0.3 is 10.6 Å². The Kier molecular flexibility index (Phi) is 4.74. The number of nitrogens with two attached hydrogens (primary N) is 1. The van der Waals surface area contributed by atoms with E-state index in [1.165, 1.54) is 5.69 Å². The topological polar surface area (TPSA) is 29.3 Å². The summed E-state index contributed by atoms with van der Waals surface area (Å²) < 4.78 is 0. The van der Waals surface area contributed by atoms with Crippen molar-refractivity contribution in [3.8, 4) is 0 Å². The highest BCUT2D eigenvalue weighted by Gasteiger charge is 2.10. The first-order chi connectivity index (χ1) is 7.60. The summed E-state index contributed by atoms with van der Waals surface area (Å²) in [4.78, 5) is 2.76. The molecule has 0 atom stereocenters. The van der Waals surface area contributed by atoms with Crippen LogP contribution in [0.3, 0.4) is 0 Å². The van der Waals surface area contributed by atoms with Crippen LogP contribution in [-0.4, -0.2) is 18.1 Å². The second-order valence-corrected chi connectivity index (χ2v) is 4.43. The highest BCUT2D eigenvalue weighted by molar-refractivity contribution is 7.80. The van der Waals surface area contributed by atoms with Crippen LogP contribution in [0.5, 0.6) is 0 Å². The second-order valence-electron chi connectivity index (χ2n) is 3.99. The summed E-state index contributed by atoms with van der Waals surface area (Å²) in [6.45, 7) is 4.43.